The molecule has 0 atom stereocenters. The molecule has 2 aliphatic rings. The Kier molecular flexibility index (Phi) is 7.02. The molecule has 0 amide bonds. The van der Waals surface area contributed by atoms with Gasteiger partial charge in [0.2, 0.25) is 0 Å². The average molecular weight is 779 g/mol. The molecule has 0 radical (unpaired) electrons. The molecule has 4 nitrogen and oxygen atoms in total. The minimum atomic E-state index is -4.63. The zero-order valence-corrected chi connectivity index (χ0v) is 31.8. The minimum absolute atomic E-state index is 0.111. The fourth-order valence-corrected chi connectivity index (χ4v) is 10.0. The van der Waals surface area contributed by atoms with Crippen LogP contribution in [0.3, 0.4) is 0 Å². The number of rotatable bonds is 3. The summed E-state index contributed by atoms with van der Waals surface area (Å²) in [6.07, 6.45) is -3.00. The van der Waals surface area contributed by atoms with Crippen LogP contribution in [0.5, 0.6) is 0 Å². The second kappa shape index (κ2) is 12.3. The molecular formula is C53H29F3N4. The molecule has 282 valence electrons. The van der Waals surface area contributed by atoms with Gasteiger partial charge < -0.3 is 9.13 Å². The van der Waals surface area contributed by atoms with E-state index in [2.05, 4.69) is 94.1 Å². The number of halogens is 3. The molecule has 10 aromatic rings. The first-order valence-corrected chi connectivity index (χ1v) is 19.8. The number of nitrogens with zero attached hydrogens (tertiary/aromatic N) is 4. The Morgan fingerprint density at radius 2 is 0.933 bits per heavy atom. The number of hydrogen-bond acceptors (Lipinski definition) is 2. The molecule has 0 fully saturated rings. The third-order valence-electron chi connectivity index (χ3n) is 12.6. The van der Waals surface area contributed by atoms with Crippen molar-refractivity contribution in [3.8, 4) is 56.9 Å². The van der Waals surface area contributed by atoms with E-state index in [4.69, 9.17) is 0 Å². The summed E-state index contributed by atoms with van der Waals surface area (Å²) < 4.78 is 46.4. The SMILES string of the molecule is N#Cc1cc(C(F)(F)F)ccc1-c1cc(-n2c3ccccc3c3cc4c(cc32)-c2ccccc2C4)c(C#N)c(-n2c3ccccc3c3cc4c(cc32)-c2ccccc2C4)c1. The number of benzene rings is 8. The Balaban J connectivity index is 1.22. The van der Waals surface area contributed by atoms with Crippen LogP contribution < -0.4 is 0 Å². The number of alkyl halides is 3. The topological polar surface area (TPSA) is 57.4 Å². The number of nitriles is 2. The van der Waals surface area contributed by atoms with Gasteiger partial charge >= 0.3 is 6.18 Å². The van der Waals surface area contributed by atoms with Gasteiger partial charge in [0, 0.05) is 21.5 Å². The number of aromatic nitrogens is 2. The third kappa shape index (κ3) is 4.78. The maximum atomic E-state index is 14.1. The lowest BCUT2D eigenvalue weighted by molar-refractivity contribution is -0.137. The fourth-order valence-electron chi connectivity index (χ4n) is 10.0. The standard InChI is InChI=1S/C53H29F3N4/c54-53(55,56)36-17-18-37(35(21-36)28-57)34-24-49(59-47-15-7-5-13-40(47)44-22-32-19-30-9-1-3-11-38(30)42(32)26-51(44)59)46(29-58)50(25-34)60-48-16-8-6-14-41(48)45-23-33-20-31-10-2-4-12-39(31)43(33)27-52(45)60/h1-18,21-27H,19-20H2. The first-order valence-electron chi connectivity index (χ1n) is 19.8. The van der Waals surface area contributed by atoms with E-state index >= 15 is 0 Å². The van der Waals surface area contributed by atoms with Crippen molar-refractivity contribution in [2.45, 2.75) is 19.0 Å². The van der Waals surface area contributed by atoms with E-state index in [1.807, 2.05) is 60.7 Å². The van der Waals surface area contributed by atoms with E-state index < -0.39 is 11.7 Å². The van der Waals surface area contributed by atoms with Crippen molar-refractivity contribution in [1.29, 1.82) is 10.5 Å². The zero-order chi connectivity index (χ0) is 40.4. The first kappa shape index (κ1) is 34.2. The Bertz CT molecular complexity index is 3430. The Morgan fingerprint density at radius 3 is 1.43 bits per heavy atom. The van der Waals surface area contributed by atoms with Crippen LogP contribution in [0.2, 0.25) is 0 Å². The fraction of sp³-hybridized carbons (Fsp3) is 0.0566. The molecule has 0 aliphatic heterocycles. The Hall–Kier alpha value is -7.87. The molecule has 0 saturated heterocycles. The Morgan fingerprint density at radius 1 is 0.433 bits per heavy atom. The van der Waals surface area contributed by atoms with Gasteiger partial charge in [-0.2, -0.15) is 23.7 Å². The van der Waals surface area contributed by atoms with Crippen molar-refractivity contribution in [3.05, 3.63) is 191 Å². The van der Waals surface area contributed by atoms with Crippen molar-refractivity contribution in [2.75, 3.05) is 0 Å². The molecule has 2 aromatic heterocycles. The van der Waals surface area contributed by atoms with Crippen LogP contribution in [0.1, 0.15) is 38.9 Å². The monoisotopic (exact) mass is 778 g/mol. The summed E-state index contributed by atoms with van der Waals surface area (Å²) in [4.78, 5) is 0. The van der Waals surface area contributed by atoms with Crippen LogP contribution in [-0.4, -0.2) is 9.13 Å². The Labute approximate surface area is 341 Å². The van der Waals surface area contributed by atoms with Gasteiger partial charge in [-0.3, -0.25) is 0 Å². The number of hydrogen-bond donors (Lipinski definition) is 0. The lowest BCUT2D eigenvalue weighted by Crippen LogP contribution is -2.07. The molecule has 8 aromatic carbocycles. The van der Waals surface area contributed by atoms with E-state index in [0.717, 1.165) is 79.7 Å². The summed E-state index contributed by atoms with van der Waals surface area (Å²) in [6, 6.07) is 53.7. The van der Waals surface area contributed by atoms with Crippen LogP contribution in [0, 0.1) is 22.7 Å². The molecule has 0 unspecified atom stereocenters. The second-order valence-corrected chi connectivity index (χ2v) is 15.8. The van der Waals surface area contributed by atoms with Crippen molar-refractivity contribution in [1.82, 2.24) is 9.13 Å². The van der Waals surface area contributed by atoms with Gasteiger partial charge in [-0.1, -0.05) is 91.0 Å². The average Bonchev–Trinajstić information content (AvgIpc) is 4.01. The van der Waals surface area contributed by atoms with Crippen LogP contribution in [0.15, 0.2) is 152 Å². The first-order chi connectivity index (χ1) is 29.3. The minimum Gasteiger partial charge on any atom is -0.308 e. The second-order valence-electron chi connectivity index (χ2n) is 15.8. The van der Waals surface area contributed by atoms with Gasteiger partial charge in [-0.25, -0.2) is 0 Å². The van der Waals surface area contributed by atoms with E-state index in [9.17, 15) is 23.7 Å². The summed E-state index contributed by atoms with van der Waals surface area (Å²) in [5, 5.41) is 26.0. The van der Waals surface area contributed by atoms with E-state index in [1.165, 1.54) is 39.4 Å². The quantitative estimate of drug-likeness (QED) is 0.179. The molecule has 2 aliphatic carbocycles. The van der Waals surface area contributed by atoms with Crippen molar-refractivity contribution in [3.63, 3.8) is 0 Å². The normalized spacial score (nSPS) is 12.8. The van der Waals surface area contributed by atoms with Gasteiger partial charge in [-0.15, -0.1) is 0 Å². The highest BCUT2D eigenvalue weighted by Gasteiger charge is 2.32. The van der Waals surface area contributed by atoms with E-state index in [1.54, 1.807) is 0 Å². The van der Waals surface area contributed by atoms with Crippen LogP contribution in [0.25, 0.3) is 88.4 Å². The number of para-hydroxylation sites is 2. The highest BCUT2D eigenvalue weighted by Crippen LogP contribution is 2.47. The van der Waals surface area contributed by atoms with Crippen LogP contribution >= 0.6 is 0 Å². The predicted octanol–water partition coefficient (Wildman–Crippen LogP) is 13.5. The van der Waals surface area contributed by atoms with Gasteiger partial charge in [-0.05, 0) is 129 Å². The van der Waals surface area contributed by atoms with Gasteiger partial charge in [0.1, 0.15) is 11.6 Å². The molecule has 0 saturated carbocycles. The number of fused-ring (bicyclic) bond motifs is 12. The highest BCUT2D eigenvalue weighted by molar-refractivity contribution is 6.13. The summed E-state index contributed by atoms with van der Waals surface area (Å²) in [7, 11) is 0. The summed E-state index contributed by atoms with van der Waals surface area (Å²) in [5.74, 6) is 0. The molecule has 12 rings (SSSR count). The highest BCUT2D eigenvalue weighted by atomic mass is 19.4. The summed E-state index contributed by atoms with van der Waals surface area (Å²) in [5.41, 5.74) is 14.5. The van der Waals surface area contributed by atoms with Crippen LogP contribution in [0.4, 0.5) is 13.2 Å². The van der Waals surface area contributed by atoms with E-state index in [-0.39, 0.29) is 5.56 Å². The molecule has 7 heteroatoms. The smallest absolute Gasteiger partial charge is 0.308 e. The zero-order valence-electron chi connectivity index (χ0n) is 31.8. The maximum Gasteiger partial charge on any atom is 0.416 e. The lowest BCUT2D eigenvalue weighted by atomic mass is 9.95. The van der Waals surface area contributed by atoms with Gasteiger partial charge in [0.05, 0.1) is 50.6 Å². The summed E-state index contributed by atoms with van der Waals surface area (Å²) in [6.45, 7) is 0. The molecular weight excluding hydrogens is 750 g/mol. The van der Waals surface area contributed by atoms with Crippen molar-refractivity contribution < 1.29 is 13.2 Å². The van der Waals surface area contributed by atoms with Crippen molar-refractivity contribution >= 4 is 43.6 Å². The maximum absolute atomic E-state index is 14.1. The third-order valence-corrected chi connectivity index (χ3v) is 12.6. The van der Waals surface area contributed by atoms with Gasteiger partial charge in [0.15, 0.2) is 0 Å². The molecule has 0 bridgehead atoms. The lowest BCUT2D eigenvalue weighted by Gasteiger charge is -2.19. The molecule has 0 N–H and O–H groups in total. The molecule has 60 heavy (non-hydrogen) atoms. The molecule has 0 spiro atoms. The van der Waals surface area contributed by atoms with Crippen LogP contribution in [-0.2, 0) is 19.0 Å². The van der Waals surface area contributed by atoms with Gasteiger partial charge in [0.25, 0.3) is 0 Å². The van der Waals surface area contributed by atoms with Crippen molar-refractivity contribution in [2.24, 2.45) is 0 Å². The predicted molar refractivity (Wildman–Crippen MR) is 231 cm³/mol. The summed E-state index contributed by atoms with van der Waals surface area (Å²) >= 11 is 0. The van der Waals surface area contributed by atoms with E-state index in [0.29, 0.717) is 28.1 Å². The molecule has 2 heterocycles. The largest absolute Gasteiger partial charge is 0.416 e.